The molecule has 5 aromatic rings. The van der Waals surface area contributed by atoms with Gasteiger partial charge in [-0.15, -0.1) is 0 Å². The average molecular weight is 421 g/mol. The molecule has 4 heteroatoms. The Bertz CT molecular complexity index is 1390. The molecule has 2 atom stereocenters. The van der Waals surface area contributed by atoms with E-state index in [0.717, 1.165) is 32.7 Å². The molecule has 0 amide bonds. The number of hydrogen-bond donors (Lipinski definition) is 2. The molecular formula is C28H24N2O2. The van der Waals surface area contributed by atoms with Crippen LogP contribution in [0, 0.1) is 0 Å². The maximum absolute atomic E-state index is 12.4. The minimum atomic E-state index is -0.468. The van der Waals surface area contributed by atoms with Gasteiger partial charge in [0, 0.05) is 12.1 Å². The Morgan fingerprint density at radius 3 is 1.34 bits per heavy atom. The lowest BCUT2D eigenvalue weighted by molar-refractivity contribution is 0.868. The largest absolute Gasteiger partial charge is 0.373 e. The zero-order valence-electron chi connectivity index (χ0n) is 18.1. The van der Waals surface area contributed by atoms with Crippen molar-refractivity contribution in [3.63, 3.8) is 0 Å². The smallest absolute Gasteiger partial charge is 0.253 e. The highest BCUT2D eigenvalue weighted by molar-refractivity contribution is 5.88. The Labute approximate surface area is 186 Å². The third-order valence-corrected chi connectivity index (χ3v) is 6.21. The number of fused-ring (bicyclic) bond motifs is 2. The van der Waals surface area contributed by atoms with E-state index >= 15 is 0 Å². The third kappa shape index (κ3) is 3.34. The van der Waals surface area contributed by atoms with Crippen molar-refractivity contribution in [2.24, 2.45) is 0 Å². The van der Waals surface area contributed by atoms with Crippen LogP contribution in [0.15, 0.2) is 94.5 Å². The molecule has 0 unspecified atom stereocenters. The maximum atomic E-state index is 12.4. The van der Waals surface area contributed by atoms with Crippen LogP contribution in [-0.2, 0) is 0 Å². The van der Waals surface area contributed by atoms with E-state index in [9.17, 15) is 9.59 Å². The molecule has 5 rings (SSSR count). The number of nitrogens with one attached hydrogen (secondary N) is 2. The lowest BCUT2D eigenvalue weighted by atomic mass is 9.98. The van der Waals surface area contributed by atoms with Crippen molar-refractivity contribution in [1.29, 1.82) is 0 Å². The third-order valence-electron chi connectivity index (χ3n) is 6.21. The molecule has 158 valence electrons. The molecule has 5 aromatic carbocycles. The second-order valence-corrected chi connectivity index (χ2v) is 8.28. The van der Waals surface area contributed by atoms with Crippen LogP contribution in [0.25, 0.3) is 21.5 Å². The summed E-state index contributed by atoms with van der Waals surface area (Å²) >= 11 is 0. The van der Waals surface area contributed by atoms with E-state index in [4.69, 9.17) is 0 Å². The van der Waals surface area contributed by atoms with Crippen molar-refractivity contribution in [1.82, 2.24) is 0 Å². The predicted molar refractivity (Wildman–Crippen MR) is 133 cm³/mol. The summed E-state index contributed by atoms with van der Waals surface area (Å²) in [5.74, 6) is 0. The van der Waals surface area contributed by atoms with Crippen molar-refractivity contribution in [2.75, 3.05) is 10.6 Å². The highest BCUT2D eigenvalue weighted by Crippen LogP contribution is 2.31. The van der Waals surface area contributed by atoms with Gasteiger partial charge >= 0.3 is 0 Å². The molecule has 0 aliphatic heterocycles. The molecule has 0 spiro atoms. The fourth-order valence-corrected chi connectivity index (χ4v) is 4.51. The van der Waals surface area contributed by atoms with Gasteiger partial charge < -0.3 is 10.6 Å². The topological polar surface area (TPSA) is 58.2 Å². The van der Waals surface area contributed by atoms with Crippen molar-refractivity contribution in [2.45, 2.75) is 25.9 Å². The Hall–Kier alpha value is -3.92. The van der Waals surface area contributed by atoms with Crippen LogP contribution < -0.4 is 21.5 Å². The van der Waals surface area contributed by atoms with E-state index in [-0.39, 0.29) is 12.1 Å². The first-order valence-corrected chi connectivity index (χ1v) is 10.9. The first kappa shape index (κ1) is 20.0. The molecule has 0 fully saturated rings. The normalized spacial score (nSPS) is 13.3. The first-order valence-electron chi connectivity index (χ1n) is 10.9. The molecule has 0 saturated heterocycles. The zero-order chi connectivity index (χ0) is 22.2. The van der Waals surface area contributed by atoms with Crippen LogP contribution in [0.2, 0.25) is 0 Å². The maximum Gasteiger partial charge on any atom is 0.253 e. The fraction of sp³-hybridized carbons (Fsp3) is 0.143. The van der Waals surface area contributed by atoms with Gasteiger partial charge in [-0.05, 0) is 46.5 Å². The van der Waals surface area contributed by atoms with E-state index in [0.29, 0.717) is 11.4 Å². The van der Waals surface area contributed by atoms with Gasteiger partial charge in [-0.25, -0.2) is 0 Å². The molecule has 32 heavy (non-hydrogen) atoms. The van der Waals surface area contributed by atoms with E-state index in [2.05, 4.69) is 59.2 Å². The van der Waals surface area contributed by atoms with E-state index < -0.39 is 10.9 Å². The molecule has 0 radical (unpaired) electrons. The lowest BCUT2D eigenvalue weighted by Gasteiger charge is -2.24. The molecule has 0 heterocycles. The second-order valence-electron chi connectivity index (χ2n) is 8.28. The number of benzene rings is 4. The second kappa shape index (κ2) is 7.97. The minimum Gasteiger partial charge on any atom is -0.373 e. The van der Waals surface area contributed by atoms with E-state index in [1.807, 2.05) is 50.2 Å². The summed E-state index contributed by atoms with van der Waals surface area (Å²) in [5.41, 5.74) is 1.97. The van der Waals surface area contributed by atoms with Crippen LogP contribution in [-0.4, -0.2) is 0 Å². The van der Waals surface area contributed by atoms with Gasteiger partial charge in [0.15, 0.2) is 0 Å². The number of hydrogen-bond acceptors (Lipinski definition) is 4. The highest BCUT2D eigenvalue weighted by atomic mass is 16.2. The molecular weight excluding hydrogens is 396 g/mol. The monoisotopic (exact) mass is 420 g/mol. The molecule has 0 saturated carbocycles. The SMILES string of the molecule is C[C@@H](Nc1c(N[C@H](C)c2cccc3ccccc23)c(=O)c1=O)c1cccc2ccccc12. The van der Waals surface area contributed by atoms with Crippen LogP contribution >= 0.6 is 0 Å². The highest BCUT2D eigenvalue weighted by Gasteiger charge is 2.25. The van der Waals surface area contributed by atoms with E-state index in [1.54, 1.807) is 0 Å². The Kier molecular flexibility index (Phi) is 4.98. The lowest BCUT2D eigenvalue weighted by Crippen LogP contribution is -2.38. The van der Waals surface area contributed by atoms with Crippen molar-refractivity contribution in [3.05, 3.63) is 117 Å². The van der Waals surface area contributed by atoms with Gasteiger partial charge in [-0.2, -0.15) is 0 Å². The van der Waals surface area contributed by atoms with Crippen molar-refractivity contribution < 1.29 is 0 Å². The molecule has 0 aliphatic carbocycles. The number of anilines is 2. The zero-order valence-corrected chi connectivity index (χ0v) is 18.1. The van der Waals surface area contributed by atoms with Crippen molar-refractivity contribution in [3.8, 4) is 0 Å². The van der Waals surface area contributed by atoms with Crippen molar-refractivity contribution >= 4 is 32.9 Å². The van der Waals surface area contributed by atoms with Crippen LogP contribution in [0.5, 0.6) is 0 Å². The predicted octanol–water partition coefficient (Wildman–Crippen LogP) is 5.94. The summed E-state index contributed by atoms with van der Waals surface area (Å²) in [6.45, 7) is 4.02. The first-order chi connectivity index (χ1) is 15.5. The Balaban J connectivity index is 1.44. The Morgan fingerprint density at radius 1 is 0.531 bits per heavy atom. The molecule has 4 nitrogen and oxygen atoms in total. The molecule has 0 bridgehead atoms. The van der Waals surface area contributed by atoms with E-state index in [1.165, 1.54) is 0 Å². The average Bonchev–Trinajstić information content (AvgIpc) is 2.84. The molecule has 0 aliphatic rings. The van der Waals surface area contributed by atoms with Gasteiger partial charge in [0.25, 0.3) is 10.9 Å². The van der Waals surface area contributed by atoms with Crippen LogP contribution in [0.1, 0.15) is 37.1 Å². The summed E-state index contributed by atoms with van der Waals surface area (Å²) in [7, 11) is 0. The van der Waals surface area contributed by atoms with Gasteiger partial charge in [0.2, 0.25) is 0 Å². The summed E-state index contributed by atoms with van der Waals surface area (Å²) in [6, 6.07) is 28.4. The standard InChI is InChI=1S/C28H24N2O2/c1-17(21-15-7-11-19-9-3-5-13-23(19)21)29-25-26(28(32)27(25)31)30-18(2)22-16-8-12-20-10-4-6-14-24(20)22/h3-18,29-30H,1-2H3/t17-,18-/m1/s1. The summed E-state index contributed by atoms with van der Waals surface area (Å²) in [6.07, 6.45) is 0. The minimum absolute atomic E-state index is 0.127. The van der Waals surface area contributed by atoms with Gasteiger partial charge in [-0.1, -0.05) is 84.9 Å². The Morgan fingerprint density at radius 2 is 0.906 bits per heavy atom. The number of rotatable bonds is 6. The summed E-state index contributed by atoms with van der Waals surface area (Å²) in [5, 5.41) is 11.1. The summed E-state index contributed by atoms with van der Waals surface area (Å²) in [4.78, 5) is 24.8. The van der Waals surface area contributed by atoms with Gasteiger partial charge in [-0.3, -0.25) is 9.59 Å². The van der Waals surface area contributed by atoms with Crippen LogP contribution in [0.4, 0.5) is 11.4 Å². The molecule has 0 aromatic heterocycles. The van der Waals surface area contributed by atoms with Crippen LogP contribution in [0.3, 0.4) is 0 Å². The van der Waals surface area contributed by atoms with Gasteiger partial charge in [0.05, 0.1) is 0 Å². The quantitative estimate of drug-likeness (QED) is 0.334. The molecule has 2 N–H and O–H groups in total. The van der Waals surface area contributed by atoms with Gasteiger partial charge in [0.1, 0.15) is 11.4 Å². The fourth-order valence-electron chi connectivity index (χ4n) is 4.51. The summed E-state index contributed by atoms with van der Waals surface area (Å²) < 4.78 is 0.